The maximum Gasteiger partial charge on any atom is 0.0641 e. The van der Waals surface area contributed by atoms with Crippen LogP contribution in [0.5, 0.6) is 0 Å². The number of aliphatic hydroxyl groups is 1. The van der Waals surface area contributed by atoms with E-state index in [0.717, 1.165) is 6.42 Å². The summed E-state index contributed by atoms with van der Waals surface area (Å²) in [5.74, 6) is 0. The summed E-state index contributed by atoms with van der Waals surface area (Å²) >= 11 is 0. The summed E-state index contributed by atoms with van der Waals surface area (Å²) < 4.78 is 0. The van der Waals surface area contributed by atoms with Crippen LogP contribution in [0.25, 0.3) is 0 Å². The highest BCUT2D eigenvalue weighted by atomic mass is 16.3. The Morgan fingerprint density at radius 1 is 1.40 bits per heavy atom. The summed E-state index contributed by atoms with van der Waals surface area (Å²) in [6.07, 6.45) is 6.83. The highest BCUT2D eigenvalue weighted by molar-refractivity contribution is 4.99. The molecule has 0 saturated carbocycles. The van der Waals surface area contributed by atoms with Gasteiger partial charge < -0.3 is 5.11 Å². The van der Waals surface area contributed by atoms with Crippen molar-refractivity contribution in [1.29, 1.82) is 0 Å². The Morgan fingerprint density at radius 2 is 2.10 bits per heavy atom. The predicted molar refractivity (Wildman–Crippen MR) is 45.0 cm³/mol. The lowest BCUT2D eigenvalue weighted by Gasteiger charge is -2.00. The van der Waals surface area contributed by atoms with E-state index in [1.807, 2.05) is 13.0 Å². The van der Waals surface area contributed by atoms with E-state index < -0.39 is 0 Å². The molecule has 0 aliphatic heterocycles. The van der Waals surface area contributed by atoms with Crippen molar-refractivity contribution in [2.24, 2.45) is 0 Å². The summed E-state index contributed by atoms with van der Waals surface area (Å²) in [6.45, 7) is 4.41. The molecule has 0 spiro atoms. The van der Waals surface area contributed by atoms with Crippen molar-refractivity contribution in [1.82, 2.24) is 0 Å². The molecule has 60 valence electrons. The van der Waals surface area contributed by atoms with Gasteiger partial charge in [0.25, 0.3) is 0 Å². The molecule has 0 amide bonds. The molecule has 0 aromatic heterocycles. The first-order chi connectivity index (χ1) is 4.85. The molecule has 1 N–H and O–H groups in total. The van der Waals surface area contributed by atoms with Crippen molar-refractivity contribution in [2.75, 3.05) is 6.61 Å². The third kappa shape index (κ3) is 4.57. The van der Waals surface area contributed by atoms with E-state index in [-0.39, 0.29) is 6.61 Å². The van der Waals surface area contributed by atoms with E-state index >= 15 is 0 Å². The van der Waals surface area contributed by atoms with Gasteiger partial charge >= 0.3 is 0 Å². The molecule has 0 heterocycles. The molecule has 0 aromatic carbocycles. The minimum Gasteiger partial charge on any atom is -0.392 e. The van der Waals surface area contributed by atoms with Crippen molar-refractivity contribution in [2.45, 2.75) is 39.5 Å². The van der Waals surface area contributed by atoms with Gasteiger partial charge in [0.1, 0.15) is 0 Å². The van der Waals surface area contributed by atoms with Crippen molar-refractivity contribution in [3.8, 4) is 0 Å². The summed E-state index contributed by atoms with van der Waals surface area (Å²) in [5.41, 5.74) is 1.17. The van der Waals surface area contributed by atoms with Crippen LogP contribution in [0.1, 0.15) is 39.5 Å². The summed E-state index contributed by atoms with van der Waals surface area (Å²) in [6, 6.07) is 0. The van der Waals surface area contributed by atoms with Crippen molar-refractivity contribution >= 4 is 0 Å². The Labute approximate surface area is 63.8 Å². The lowest BCUT2D eigenvalue weighted by Crippen LogP contribution is -1.89. The minimum atomic E-state index is 0.236. The first kappa shape index (κ1) is 9.70. The zero-order valence-corrected chi connectivity index (χ0v) is 7.06. The third-order valence-electron chi connectivity index (χ3n) is 1.71. The normalized spacial score (nSPS) is 12.1. The van der Waals surface area contributed by atoms with Crippen molar-refractivity contribution in [3.05, 3.63) is 11.6 Å². The van der Waals surface area contributed by atoms with Gasteiger partial charge in [-0.15, -0.1) is 0 Å². The van der Waals surface area contributed by atoms with Crippen LogP contribution in [0.2, 0.25) is 0 Å². The Balaban J connectivity index is 3.27. The van der Waals surface area contributed by atoms with Gasteiger partial charge in [0.2, 0.25) is 0 Å². The third-order valence-corrected chi connectivity index (χ3v) is 1.71. The topological polar surface area (TPSA) is 20.2 Å². The molecule has 0 saturated heterocycles. The molecular weight excluding hydrogens is 124 g/mol. The number of aliphatic hydroxyl groups excluding tert-OH is 1. The molecule has 0 aliphatic carbocycles. The molecule has 0 radical (unpaired) electrons. The number of unbranched alkanes of at least 4 members (excludes halogenated alkanes) is 2. The second kappa shape index (κ2) is 6.81. The van der Waals surface area contributed by atoms with Gasteiger partial charge in [0.05, 0.1) is 6.61 Å². The first-order valence-corrected chi connectivity index (χ1v) is 4.10. The van der Waals surface area contributed by atoms with Crippen LogP contribution >= 0.6 is 0 Å². The van der Waals surface area contributed by atoms with E-state index in [1.165, 1.54) is 24.8 Å². The monoisotopic (exact) mass is 142 g/mol. The SMILES string of the molecule is C/C=C(/CO)CCCCC. The second-order valence-electron chi connectivity index (χ2n) is 2.56. The zero-order chi connectivity index (χ0) is 7.82. The Kier molecular flexibility index (Phi) is 6.61. The van der Waals surface area contributed by atoms with E-state index in [9.17, 15) is 0 Å². The molecular formula is C9H18O. The Bertz CT molecular complexity index is 94.9. The largest absolute Gasteiger partial charge is 0.392 e. The van der Waals surface area contributed by atoms with Gasteiger partial charge in [-0.25, -0.2) is 0 Å². The standard InChI is InChI=1S/C9H18O/c1-3-5-6-7-9(4-2)8-10/h4,10H,3,5-8H2,1-2H3/b9-4+. The maximum atomic E-state index is 8.76. The highest BCUT2D eigenvalue weighted by Crippen LogP contribution is 2.07. The molecule has 0 atom stereocenters. The average molecular weight is 142 g/mol. The van der Waals surface area contributed by atoms with E-state index in [2.05, 4.69) is 6.92 Å². The fourth-order valence-corrected chi connectivity index (χ4v) is 0.917. The summed E-state index contributed by atoms with van der Waals surface area (Å²) in [5, 5.41) is 8.76. The van der Waals surface area contributed by atoms with Gasteiger partial charge in [0.15, 0.2) is 0 Å². The molecule has 0 fully saturated rings. The fraction of sp³-hybridized carbons (Fsp3) is 0.778. The molecule has 10 heavy (non-hydrogen) atoms. The predicted octanol–water partition coefficient (Wildman–Crippen LogP) is 2.51. The Hall–Kier alpha value is -0.300. The van der Waals surface area contributed by atoms with E-state index in [0.29, 0.717) is 0 Å². The molecule has 1 heteroatoms. The van der Waals surface area contributed by atoms with Gasteiger partial charge in [-0.3, -0.25) is 0 Å². The molecule has 0 aromatic rings. The van der Waals surface area contributed by atoms with Gasteiger partial charge in [0, 0.05) is 0 Å². The average Bonchev–Trinajstić information content (AvgIpc) is 1.99. The van der Waals surface area contributed by atoms with Crippen LogP contribution in [0, 0.1) is 0 Å². The quantitative estimate of drug-likeness (QED) is 0.462. The van der Waals surface area contributed by atoms with E-state index in [4.69, 9.17) is 5.11 Å². The van der Waals surface area contributed by atoms with Gasteiger partial charge in [-0.2, -0.15) is 0 Å². The van der Waals surface area contributed by atoms with Gasteiger partial charge in [-0.1, -0.05) is 25.8 Å². The van der Waals surface area contributed by atoms with Crippen LogP contribution in [0.3, 0.4) is 0 Å². The molecule has 0 bridgehead atoms. The maximum absolute atomic E-state index is 8.76. The smallest absolute Gasteiger partial charge is 0.0641 e. The van der Waals surface area contributed by atoms with Crippen molar-refractivity contribution in [3.63, 3.8) is 0 Å². The zero-order valence-electron chi connectivity index (χ0n) is 7.06. The fourth-order valence-electron chi connectivity index (χ4n) is 0.917. The number of hydrogen-bond acceptors (Lipinski definition) is 1. The summed E-state index contributed by atoms with van der Waals surface area (Å²) in [4.78, 5) is 0. The number of hydrogen-bond donors (Lipinski definition) is 1. The first-order valence-electron chi connectivity index (χ1n) is 4.10. The lowest BCUT2D eigenvalue weighted by molar-refractivity contribution is 0.325. The summed E-state index contributed by atoms with van der Waals surface area (Å²) in [7, 11) is 0. The highest BCUT2D eigenvalue weighted by Gasteiger charge is 1.92. The Morgan fingerprint density at radius 3 is 2.50 bits per heavy atom. The number of allylic oxidation sites excluding steroid dienone is 1. The molecule has 0 rings (SSSR count). The second-order valence-corrected chi connectivity index (χ2v) is 2.56. The minimum absolute atomic E-state index is 0.236. The van der Waals surface area contributed by atoms with Crippen LogP contribution in [-0.4, -0.2) is 11.7 Å². The van der Waals surface area contributed by atoms with Crippen LogP contribution in [0.15, 0.2) is 11.6 Å². The van der Waals surface area contributed by atoms with Crippen LogP contribution in [-0.2, 0) is 0 Å². The molecule has 1 nitrogen and oxygen atoms in total. The van der Waals surface area contributed by atoms with Crippen LogP contribution in [0.4, 0.5) is 0 Å². The molecule has 0 unspecified atom stereocenters. The lowest BCUT2D eigenvalue weighted by atomic mass is 10.1. The number of rotatable bonds is 5. The molecule has 0 aliphatic rings. The van der Waals surface area contributed by atoms with E-state index in [1.54, 1.807) is 0 Å². The van der Waals surface area contributed by atoms with Crippen LogP contribution < -0.4 is 0 Å². The van der Waals surface area contributed by atoms with Crippen molar-refractivity contribution < 1.29 is 5.11 Å². The van der Waals surface area contributed by atoms with Gasteiger partial charge in [-0.05, 0) is 25.3 Å².